The van der Waals surface area contributed by atoms with Crippen LogP contribution in [-0.2, 0) is 28.6 Å². The fourth-order valence-corrected chi connectivity index (χ4v) is 8.97. The molecule has 0 amide bonds. The van der Waals surface area contributed by atoms with Gasteiger partial charge in [0.25, 0.3) is 0 Å². The molecule has 394 valence electrons. The Hall–Kier alpha value is -2.11. The van der Waals surface area contributed by atoms with Crippen LogP contribution in [0.1, 0.15) is 329 Å². The van der Waals surface area contributed by atoms with E-state index in [0.29, 0.717) is 19.3 Å². The fraction of sp³-hybridized carbons (Fsp3) is 0.885. The molecule has 0 fully saturated rings. The van der Waals surface area contributed by atoms with Crippen LogP contribution in [0.4, 0.5) is 0 Å². The standard InChI is InChI=1S/C61H114O6/c1-4-7-10-13-16-19-22-25-28-30-33-36-39-42-45-48-51-54-60(63)66-57-58(56-65-59(62)53-50-47-44-41-38-35-32-27-24-21-18-15-12-9-6-3)67-61(64)55-52-49-46-43-40-37-34-31-29-26-23-20-17-14-11-8-5-2/h18,21,24,27,58H,4-17,19-20,22-23,25-26,28-57H2,1-3H3/b21-18-,27-24-. The van der Waals surface area contributed by atoms with Gasteiger partial charge in [-0.25, -0.2) is 0 Å². The molecule has 67 heavy (non-hydrogen) atoms. The maximum absolute atomic E-state index is 12.9. The normalized spacial score (nSPS) is 12.1. The van der Waals surface area contributed by atoms with Gasteiger partial charge in [-0.05, 0) is 44.9 Å². The maximum Gasteiger partial charge on any atom is 0.306 e. The molecule has 1 atom stereocenters. The number of carbonyl (C=O) groups is 3. The summed E-state index contributed by atoms with van der Waals surface area (Å²) < 4.78 is 16.9. The number of hydrogen-bond donors (Lipinski definition) is 0. The summed E-state index contributed by atoms with van der Waals surface area (Å²) in [6, 6.07) is 0. The van der Waals surface area contributed by atoms with Crippen molar-refractivity contribution in [3.05, 3.63) is 24.3 Å². The molecule has 0 N–H and O–H groups in total. The molecule has 1 unspecified atom stereocenters. The van der Waals surface area contributed by atoms with E-state index in [0.717, 1.165) is 64.2 Å². The van der Waals surface area contributed by atoms with Gasteiger partial charge in [-0.2, -0.15) is 0 Å². The topological polar surface area (TPSA) is 78.9 Å². The molecule has 0 bridgehead atoms. The minimum absolute atomic E-state index is 0.0692. The lowest BCUT2D eigenvalue weighted by Crippen LogP contribution is -2.30. The van der Waals surface area contributed by atoms with E-state index >= 15 is 0 Å². The molecule has 0 spiro atoms. The molecule has 0 aliphatic carbocycles. The summed E-state index contributed by atoms with van der Waals surface area (Å²) in [7, 11) is 0. The minimum atomic E-state index is -0.771. The predicted octanol–water partition coefficient (Wildman–Crippen LogP) is 19.9. The molecule has 0 aromatic carbocycles. The number of rotatable bonds is 55. The minimum Gasteiger partial charge on any atom is -0.462 e. The van der Waals surface area contributed by atoms with E-state index in [9.17, 15) is 14.4 Å². The largest absolute Gasteiger partial charge is 0.462 e. The zero-order valence-electron chi connectivity index (χ0n) is 45.2. The van der Waals surface area contributed by atoms with Gasteiger partial charge in [-0.3, -0.25) is 14.4 Å². The van der Waals surface area contributed by atoms with Gasteiger partial charge in [0.15, 0.2) is 6.10 Å². The molecule has 0 rings (SSSR count). The average molecular weight is 944 g/mol. The van der Waals surface area contributed by atoms with Crippen LogP contribution in [0.15, 0.2) is 24.3 Å². The summed E-state index contributed by atoms with van der Waals surface area (Å²) in [6.45, 7) is 6.66. The summed E-state index contributed by atoms with van der Waals surface area (Å²) in [4.78, 5) is 38.2. The maximum atomic E-state index is 12.9. The van der Waals surface area contributed by atoms with Gasteiger partial charge in [0.1, 0.15) is 13.2 Å². The number of unbranched alkanes of at least 4 members (excludes halogenated alkanes) is 41. The molecule has 6 heteroatoms. The summed E-state index contributed by atoms with van der Waals surface area (Å²) in [5.74, 6) is -0.857. The van der Waals surface area contributed by atoms with Gasteiger partial charge in [0.2, 0.25) is 0 Å². The molecule has 0 aliphatic rings. The first-order valence-corrected chi connectivity index (χ1v) is 29.9. The number of allylic oxidation sites excluding steroid dienone is 4. The quantitative estimate of drug-likeness (QED) is 0.0262. The van der Waals surface area contributed by atoms with Crippen molar-refractivity contribution in [3.63, 3.8) is 0 Å². The van der Waals surface area contributed by atoms with Crippen molar-refractivity contribution in [1.29, 1.82) is 0 Å². The molecular formula is C61H114O6. The Morgan fingerprint density at radius 2 is 0.522 bits per heavy atom. The summed E-state index contributed by atoms with van der Waals surface area (Å²) in [5, 5.41) is 0. The van der Waals surface area contributed by atoms with Gasteiger partial charge in [0, 0.05) is 19.3 Å². The molecule has 0 aromatic rings. The van der Waals surface area contributed by atoms with Crippen LogP contribution >= 0.6 is 0 Å². The van der Waals surface area contributed by atoms with Crippen molar-refractivity contribution >= 4 is 17.9 Å². The van der Waals surface area contributed by atoms with Crippen molar-refractivity contribution in [1.82, 2.24) is 0 Å². The van der Waals surface area contributed by atoms with E-state index in [1.807, 2.05) is 0 Å². The molecule has 6 nitrogen and oxygen atoms in total. The zero-order chi connectivity index (χ0) is 48.6. The van der Waals surface area contributed by atoms with Crippen LogP contribution in [0.25, 0.3) is 0 Å². The predicted molar refractivity (Wildman–Crippen MR) is 289 cm³/mol. The third-order valence-electron chi connectivity index (χ3n) is 13.5. The third-order valence-corrected chi connectivity index (χ3v) is 13.5. The first-order chi connectivity index (χ1) is 33.0. The van der Waals surface area contributed by atoms with Crippen LogP contribution in [0.5, 0.6) is 0 Å². The van der Waals surface area contributed by atoms with E-state index in [1.54, 1.807) is 0 Å². The molecule has 0 saturated carbocycles. The van der Waals surface area contributed by atoms with Gasteiger partial charge in [-0.15, -0.1) is 0 Å². The molecule has 0 aromatic heterocycles. The van der Waals surface area contributed by atoms with Crippen molar-refractivity contribution in [2.75, 3.05) is 13.2 Å². The second-order valence-electron chi connectivity index (χ2n) is 20.3. The highest BCUT2D eigenvalue weighted by Crippen LogP contribution is 2.17. The molecule has 0 heterocycles. The lowest BCUT2D eigenvalue weighted by molar-refractivity contribution is -0.167. The Morgan fingerprint density at radius 3 is 0.821 bits per heavy atom. The summed E-state index contributed by atoms with van der Waals surface area (Å²) in [5.41, 5.74) is 0. The lowest BCUT2D eigenvalue weighted by atomic mass is 10.0. The van der Waals surface area contributed by atoms with Crippen LogP contribution in [0, 0.1) is 0 Å². The highest BCUT2D eigenvalue weighted by atomic mass is 16.6. The zero-order valence-corrected chi connectivity index (χ0v) is 45.2. The second kappa shape index (κ2) is 56.5. The van der Waals surface area contributed by atoms with E-state index in [4.69, 9.17) is 14.2 Å². The highest BCUT2D eigenvalue weighted by molar-refractivity contribution is 5.71. The van der Waals surface area contributed by atoms with Gasteiger partial charge >= 0.3 is 17.9 Å². The van der Waals surface area contributed by atoms with Crippen LogP contribution < -0.4 is 0 Å². The average Bonchev–Trinajstić information content (AvgIpc) is 3.33. The first kappa shape index (κ1) is 64.9. The molecule has 0 aliphatic heterocycles. The van der Waals surface area contributed by atoms with E-state index in [2.05, 4.69) is 45.1 Å². The van der Waals surface area contributed by atoms with Crippen LogP contribution in [0.2, 0.25) is 0 Å². The van der Waals surface area contributed by atoms with E-state index < -0.39 is 6.10 Å². The number of ether oxygens (including phenoxy) is 3. The molecule has 0 saturated heterocycles. The Labute approximate surface area is 417 Å². The van der Waals surface area contributed by atoms with Gasteiger partial charge in [-0.1, -0.05) is 289 Å². The van der Waals surface area contributed by atoms with Crippen LogP contribution in [0.3, 0.4) is 0 Å². The summed E-state index contributed by atoms with van der Waals surface area (Å²) >= 11 is 0. The summed E-state index contributed by atoms with van der Waals surface area (Å²) in [6.07, 6.45) is 65.9. The van der Waals surface area contributed by atoms with Crippen molar-refractivity contribution in [2.45, 2.75) is 335 Å². The third kappa shape index (κ3) is 54.7. The Bertz CT molecular complexity index is 1080. The Kier molecular flexibility index (Phi) is 54.7. The fourth-order valence-electron chi connectivity index (χ4n) is 8.97. The lowest BCUT2D eigenvalue weighted by Gasteiger charge is -2.18. The van der Waals surface area contributed by atoms with Crippen molar-refractivity contribution < 1.29 is 28.6 Å². The SMILES string of the molecule is CCCCC/C=C\C=C/CCCCCCCCC(=O)OCC(COC(=O)CCCCCCCCCCCCCCCCCCC)OC(=O)CCCCCCCCCCCCCCCCCCC. The number of esters is 3. The first-order valence-electron chi connectivity index (χ1n) is 29.9. The highest BCUT2D eigenvalue weighted by Gasteiger charge is 2.19. The van der Waals surface area contributed by atoms with Gasteiger partial charge < -0.3 is 14.2 Å². The van der Waals surface area contributed by atoms with Gasteiger partial charge in [0.05, 0.1) is 0 Å². The van der Waals surface area contributed by atoms with Crippen molar-refractivity contribution in [2.24, 2.45) is 0 Å². The number of carbonyl (C=O) groups excluding carboxylic acids is 3. The smallest absolute Gasteiger partial charge is 0.306 e. The van der Waals surface area contributed by atoms with Crippen molar-refractivity contribution in [3.8, 4) is 0 Å². The monoisotopic (exact) mass is 943 g/mol. The number of hydrogen-bond acceptors (Lipinski definition) is 6. The second-order valence-corrected chi connectivity index (χ2v) is 20.3. The Balaban J connectivity index is 4.33. The molecular weight excluding hydrogens is 829 g/mol. The Morgan fingerprint density at radius 1 is 0.299 bits per heavy atom. The van der Waals surface area contributed by atoms with E-state index in [-0.39, 0.29) is 31.1 Å². The molecule has 0 radical (unpaired) electrons. The van der Waals surface area contributed by atoms with E-state index in [1.165, 1.54) is 225 Å². The van der Waals surface area contributed by atoms with Crippen LogP contribution in [-0.4, -0.2) is 37.2 Å².